The van der Waals surface area contributed by atoms with Crippen molar-refractivity contribution in [3.8, 4) is 0 Å². The van der Waals surface area contributed by atoms with E-state index in [9.17, 15) is 4.79 Å². The maximum absolute atomic E-state index is 12.4. The van der Waals surface area contributed by atoms with Gasteiger partial charge in [-0.3, -0.25) is 9.69 Å². The summed E-state index contributed by atoms with van der Waals surface area (Å²) in [7, 11) is 0. The second kappa shape index (κ2) is 7.10. The molecule has 2 saturated heterocycles. The Morgan fingerprint density at radius 2 is 1.58 bits per heavy atom. The van der Waals surface area contributed by atoms with Crippen LogP contribution in [-0.4, -0.2) is 47.9 Å². The Balaban J connectivity index is 1.35. The van der Waals surface area contributed by atoms with E-state index in [-0.39, 0.29) is 5.91 Å². The molecule has 0 radical (unpaired) electrons. The molecule has 2 heterocycles. The van der Waals surface area contributed by atoms with Crippen LogP contribution in [0.15, 0.2) is 29.8 Å². The fraction of sp³-hybridized carbons (Fsp3) is 0.571. The molecule has 4 rings (SSSR count). The monoisotopic (exact) mass is 324 g/mol. The standard InChI is InChI=1S/C21H28N2O/c24-21(23-12-1-2-13-23)19-8-6-17(7-9-19)16-18-10-14-22(15-11-18)20-4-3-5-20/h6-9,16,20H,1-5,10-15H2. The van der Waals surface area contributed by atoms with Crippen LogP contribution in [0, 0.1) is 0 Å². The molecule has 0 N–H and O–H groups in total. The maximum Gasteiger partial charge on any atom is 0.253 e. The Morgan fingerprint density at radius 3 is 2.17 bits per heavy atom. The van der Waals surface area contributed by atoms with E-state index in [1.807, 2.05) is 17.0 Å². The van der Waals surface area contributed by atoms with Crippen LogP contribution in [0.2, 0.25) is 0 Å². The van der Waals surface area contributed by atoms with Gasteiger partial charge in [-0.15, -0.1) is 0 Å². The van der Waals surface area contributed by atoms with Crippen molar-refractivity contribution in [1.29, 1.82) is 0 Å². The molecule has 3 nitrogen and oxygen atoms in total. The van der Waals surface area contributed by atoms with E-state index in [2.05, 4.69) is 23.1 Å². The molecule has 1 aromatic carbocycles. The van der Waals surface area contributed by atoms with Gasteiger partial charge in [0.15, 0.2) is 0 Å². The third-order valence-corrected chi connectivity index (χ3v) is 5.95. The van der Waals surface area contributed by atoms with Gasteiger partial charge < -0.3 is 4.90 Å². The van der Waals surface area contributed by atoms with Crippen molar-refractivity contribution in [3.63, 3.8) is 0 Å². The number of carbonyl (C=O) groups is 1. The average Bonchev–Trinajstić information content (AvgIpc) is 3.10. The molecule has 1 aromatic rings. The van der Waals surface area contributed by atoms with Gasteiger partial charge in [0.25, 0.3) is 5.91 Å². The molecule has 0 unspecified atom stereocenters. The summed E-state index contributed by atoms with van der Waals surface area (Å²) in [5.74, 6) is 0.195. The van der Waals surface area contributed by atoms with Crippen molar-refractivity contribution < 1.29 is 4.79 Å². The van der Waals surface area contributed by atoms with Gasteiger partial charge in [-0.1, -0.05) is 30.2 Å². The minimum absolute atomic E-state index is 0.195. The van der Waals surface area contributed by atoms with E-state index >= 15 is 0 Å². The number of rotatable bonds is 3. The van der Waals surface area contributed by atoms with Gasteiger partial charge in [0, 0.05) is 37.8 Å². The van der Waals surface area contributed by atoms with Gasteiger partial charge >= 0.3 is 0 Å². The number of hydrogen-bond acceptors (Lipinski definition) is 2. The SMILES string of the molecule is O=C(c1ccc(C=C2CCN(C3CCC3)CC2)cc1)N1CCCC1. The summed E-state index contributed by atoms with van der Waals surface area (Å²) in [6.45, 7) is 4.29. The zero-order valence-electron chi connectivity index (χ0n) is 14.5. The first-order valence-corrected chi connectivity index (χ1v) is 9.62. The van der Waals surface area contributed by atoms with Gasteiger partial charge in [-0.2, -0.15) is 0 Å². The Kier molecular flexibility index (Phi) is 4.70. The molecular formula is C21H28N2O. The Morgan fingerprint density at radius 1 is 0.917 bits per heavy atom. The molecule has 0 aromatic heterocycles. The third kappa shape index (κ3) is 3.41. The third-order valence-electron chi connectivity index (χ3n) is 5.95. The first kappa shape index (κ1) is 15.9. The predicted octanol–water partition coefficient (Wildman–Crippen LogP) is 3.95. The number of hydrogen-bond donors (Lipinski definition) is 0. The molecule has 0 atom stereocenters. The van der Waals surface area contributed by atoms with E-state index in [1.54, 1.807) is 5.57 Å². The Bertz CT molecular complexity index is 599. The Hall–Kier alpha value is -1.61. The van der Waals surface area contributed by atoms with Crippen LogP contribution in [0.4, 0.5) is 0 Å². The molecule has 2 aliphatic heterocycles. The lowest BCUT2D eigenvalue weighted by atomic mass is 9.89. The van der Waals surface area contributed by atoms with E-state index < -0.39 is 0 Å². The average molecular weight is 324 g/mol. The van der Waals surface area contributed by atoms with Gasteiger partial charge in [-0.05, 0) is 56.2 Å². The lowest BCUT2D eigenvalue weighted by Crippen LogP contribution is -2.43. The van der Waals surface area contributed by atoms with Crippen molar-refractivity contribution >= 4 is 12.0 Å². The van der Waals surface area contributed by atoms with E-state index in [0.717, 1.165) is 37.5 Å². The minimum atomic E-state index is 0.195. The van der Waals surface area contributed by atoms with Crippen LogP contribution in [-0.2, 0) is 0 Å². The largest absolute Gasteiger partial charge is 0.339 e. The fourth-order valence-electron chi connectivity index (χ4n) is 4.13. The number of nitrogens with zero attached hydrogens (tertiary/aromatic N) is 2. The molecule has 0 bridgehead atoms. The number of likely N-dealkylation sites (tertiary alicyclic amines) is 2. The van der Waals surface area contributed by atoms with Crippen LogP contribution in [0.25, 0.3) is 6.08 Å². The predicted molar refractivity (Wildman–Crippen MR) is 98.0 cm³/mol. The highest BCUT2D eigenvalue weighted by atomic mass is 16.2. The number of carbonyl (C=O) groups excluding carboxylic acids is 1. The van der Waals surface area contributed by atoms with E-state index in [4.69, 9.17) is 0 Å². The van der Waals surface area contributed by atoms with Gasteiger partial charge in [0.2, 0.25) is 0 Å². The second-order valence-electron chi connectivity index (χ2n) is 7.54. The lowest BCUT2D eigenvalue weighted by molar-refractivity contribution is 0.0793. The molecule has 128 valence electrons. The highest BCUT2D eigenvalue weighted by Crippen LogP contribution is 2.29. The van der Waals surface area contributed by atoms with Crippen LogP contribution in [0.5, 0.6) is 0 Å². The molecule has 1 saturated carbocycles. The summed E-state index contributed by atoms with van der Waals surface area (Å²) < 4.78 is 0. The van der Waals surface area contributed by atoms with Crippen LogP contribution < -0.4 is 0 Å². The zero-order chi connectivity index (χ0) is 16.4. The smallest absolute Gasteiger partial charge is 0.253 e. The van der Waals surface area contributed by atoms with Crippen molar-refractivity contribution in [3.05, 3.63) is 41.0 Å². The fourth-order valence-corrected chi connectivity index (χ4v) is 4.13. The van der Waals surface area contributed by atoms with Gasteiger partial charge in [0.1, 0.15) is 0 Å². The highest BCUT2D eigenvalue weighted by Gasteiger charge is 2.26. The summed E-state index contributed by atoms with van der Waals surface area (Å²) in [6, 6.07) is 9.08. The minimum Gasteiger partial charge on any atom is -0.339 e. The van der Waals surface area contributed by atoms with Crippen molar-refractivity contribution in [2.75, 3.05) is 26.2 Å². The summed E-state index contributed by atoms with van der Waals surface area (Å²) >= 11 is 0. The summed E-state index contributed by atoms with van der Waals surface area (Å²) in [5.41, 5.74) is 3.63. The van der Waals surface area contributed by atoms with Crippen molar-refractivity contribution in [2.24, 2.45) is 0 Å². The van der Waals surface area contributed by atoms with E-state index in [0.29, 0.717) is 0 Å². The van der Waals surface area contributed by atoms with Gasteiger partial charge in [0.05, 0.1) is 0 Å². The lowest BCUT2D eigenvalue weighted by Gasteiger charge is -2.40. The molecule has 3 fully saturated rings. The zero-order valence-corrected chi connectivity index (χ0v) is 14.5. The topological polar surface area (TPSA) is 23.6 Å². The summed E-state index contributed by atoms with van der Waals surface area (Å²) in [5, 5.41) is 0. The quantitative estimate of drug-likeness (QED) is 0.840. The highest BCUT2D eigenvalue weighted by molar-refractivity contribution is 5.94. The molecule has 0 spiro atoms. The number of benzene rings is 1. The maximum atomic E-state index is 12.4. The Labute approximate surface area is 145 Å². The normalized spacial score (nSPS) is 22.5. The van der Waals surface area contributed by atoms with Crippen molar-refractivity contribution in [2.45, 2.75) is 51.0 Å². The molecule has 1 aliphatic carbocycles. The van der Waals surface area contributed by atoms with Crippen LogP contribution in [0.3, 0.4) is 0 Å². The molecule has 3 aliphatic rings. The summed E-state index contributed by atoms with van der Waals surface area (Å²) in [4.78, 5) is 17.0. The van der Waals surface area contributed by atoms with Crippen LogP contribution >= 0.6 is 0 Å². The van der Waals surface area contributed by atoms with E-state index in [1.165, 1.54) is 50.8 Å². The number of piperidine rings is 1. The first-order valence-electron chi connectivity index (χ1n) is 9.62. The molecular weight excluding hydrogens is 296 g/mol. The van der Waals surface area contributed by atoms with Crippen LogP contribution in [0.1, 0.15) is 60.9 Å². The molecule has 3 heteroatoms. The second-order valence-corrected chi connectivity index (χ2v) is 7.54. The van der Waals surface area contributed by atoms with Crippen molar-refractivity contribution in [1.82, 2.24) is 9.80 Å². The number of amides is 1. The first-order chi connectivity index (χ1) is 11.8. The van der Waals surface area contributed by atoms with Gasteiger partial charge in [-0.25, -0.2) is 0 Å². The molecule has 24 heavy (non-hydrogen) atoms. The summed E-state index contributed by atoms with van der Waals surface area (Å²) in [6.07, 6.45) is 11.3. The molecule has 1 amide bonds.